The number of hydrogen-bond donors (Lipinski definition) is 1. The van der Waals surface area contributed by atoms with Gasteiger partial charge in [-0.15, -0.1) is 0 Å². The van der Waals surface area contributed by atoms with Gasteiger partial charge in [-0.25, -0.2) is 9.67 Å². The second-order valence-corrected chi connectivity index (χ2v) is 7.80. The minimum Gasteiger partial charge on any atom is -0.322 e. The average Bonchev–Trinajstić information content (AvgIpc) is 3.40. The predicted octanol–water partition coefficient (Wildman–Crippen LogP) is 3.48. The van der Waals surface area contributed by atoms with Crippen molar-refractivity contribution in [1.82, 2.24) is 34.3 Å². The lowest BCUT2D eigenvalue weighted by atomic mass is 10.1. The van der Waals surface area contributed by atoms with E-state index in [1.165, 1.54) is 24.7 Å². The van der Waals surface area contributed by atoms with Crippen molar-refractivity contribution in [3.63, 3.8) is 0 Å². The molecule has 1 N–H and O–H groups in total. The van der Waals surface area contributed by atoms with Crippen LogP contribution in [-0.4, -0.2) is 40.2 Å². The highest BCUT2D eigenvalue weighted by molar-refractivity contribution is 5.91. The molecule has 4 aromatic heterocycles. The highest BCUT2D eigenvalue weighted by atomic mass is 19.4. The standard InChI is InChI=1S/C21H23F3N8O/c1-5-31-14(4)15(7-26-31)9-30-10-16(8-25-30)28-18(33)11-32-20-19(13(3)29-32)17(21(22,23)24)6-12(2)27-20/h6-8,10H,5,9,11H2,1-4H3,(H,28,33). The monoisotopic (exact) mass is 460 g/mol. The van der Waals surface area contributed by atoms with Crippen LogP contribution in [0.1, 0.15) is 35.1 Å². The van der Waals surface area contributed by atoms with E-state index < -0.39 is 17.6 Å². The first kappa shape index (κ1) is 22.5. The maximum Gasteiger partial charge on any atom is 0.417 e. The van der Waals surface area contributed by atoms with Crippen LogP contribution < -0.4 is 5.32 Å². The molecule has 0 aliphatic carbocycles. The average molecular weight is 460 g/mol. The first-order valence-corrected chi connectivity index (χ1v) is 10.3. The smallest absolute Gasteiger partial charge is 0.322 e. The van der Waals surface area contributed by atoms with E-state index in [0.717, 1.165) is 23.9 Å². The van der Waals surface area contributed by atoms with Gasteiger partial charge in [0.1, 0.15) is 6.54 Å². The number of aryl methyl sites for hydroxylation is 3. The summed E-state index contributed by atoms with van der Waals surface area (Å²) in [4.78, 5) is 16.8. The summed E-state index contributed by atoms with van der Waals surface area (Å²) in [6.45, 7) is 7.91. The van der Waals surface area contributed by atoms with Gasteiger partial charge in [0.2, 0.25) is 5.91 Å². The van der Waals surface area contributed by atoms with Crippen LogP contribution in [0.15, 0.2) is 24.7 Å². The zero-order valence-electron chi connectivity index (χ0n) is 18.6. The number of carbonyl (C=O) groups is 1. The highest BCUT2D eigenvalue weighted by Gasteiger charge is 2.35. The first-order valence-electron chi connectivity index (χ1n) is 10.3. The summed E-state index contributed by atoms with van der Waals surface area (Å²) < 4.78 is 45.2. The molecule has 174 valence electrons. The van der Waals surface area contributed by atoms with Crippen molar-refractivity contribution in [1.29, 1.82) is 0 Å². The molecule has 4 aromatic rings. The summed E-state index contributed by atoms with van der Waals surface area (Å²) in [6, 6.07) is 0.988. The lowest BCUT2D eigenvalue weighted by molar-refractivity contribution is -0.136. The molecule has 0 unspecified atom stereocenters. The molecule has 4 rings (SSSR count). The van der Waals surface area contributed by atoms with Gasteiger partial charge >= 0.3 is 6.18 Å². The highest BCUT2D eigenvalue weighted by Crippen LogP contribution is 2.36. The third-order valence-electron chi connectivity index (χ3n) is 5.36. The number of nitrogens with zero attached hydrogens (tertiary/aromatic N) is 7. The molecule has 0 atom stereocenters. The lowest BCUT2D eigenvalue weighted by Gasteiger charge is -2.10. The van der Waals surface area contributed by atoms with E-state index in [-0.39, 0.29) is 29.0 Å². The Hall–Kier alpha value is -3.70. The van der Waals surface area contributed by atoms with E-state index in [0.29, 0.717) is 12.2 Å². The first-order chi connectivity index (χ1) is 15.6. The largest absolute Gasteiger partial charge is 0.417 e. The SMILES string of the molecule is CCn1ncc(Cn2cc(NC(=O)Cn3nc(C)c4c(C(F)(F)F)cc(C)nc43)cn2)c1C. The molecular weight excluding hydrogens is 437 g/mol. The van der Waals surface area contributed by atoms with Gasteiger partial charge in [-0.2, -0.15) is 28.5 Å². The number of hydrogen-bond acceptors (Lipinski definition) is 5. The minimum absolute atomic E-state index is 0.0223. The lowest BCUT2D eigenvalue weighted by Crippen LogP contribution is -2.19. The Kier molecular flexibility index (Phi) is 5.68. The molecular formula is C21H23F3N8O. The van der Waals surface area contributed by atoms with E-state index in [9.17, 15) is 18.0 Å². The second kappa shape index (κ2) is 8.34. The van der Waals surface area contributed by atoms with Crippen molar-refractivity contribution in [2.75, 3.05) is 5.32 Å². The van der Waals surface area contributed by atoms with Gasteiger partial charge < -0.3 is 5.32 Å². The number of nitrogens with one attached hydrogen (secondary N) is 1. The van der Waals surface area contributed by atoms with E-state index in [2.05, 4.69) is 25.6 Å². The number of pyridine rings is 1. The molecule has 0 fully saturated rings. The van der Waals surface area contributed by atoms with E-state index in [1.54, 1.807) is 17.1 Å². The number of carbonyl (C=O) groups excluding carboxylic acids is 1. The van der Waals surface area contributed by atoms with E-state index in [1.807, 2.05) is 18.5 Å². The summed E-state index contributed by atoms with van der Waals surface area (Å²) in [5.41, 5.74) is 2.09. The number of alkyl halides is 3. The van der Waals surface area contributed by atoms with Crippen LogP contribution in [0.3, 0.4) is 0 Å². The van der Waals surface area contributed by atoms with Crippen LogP contribution in [0.5, 0.6) is 0 Å². The van der Waals surface area contributed by atoms with Crippen molar-refractivity contribution >= 4 is 22.6 Å². The third-order valence-corrected chi connectivity index (χ3v) is 5.36. The van der Waals surface area contributed by atoms with Crippen LogP contribution in [0.25, 0.3) is 11.0 Å². The Morgan fingerprint density at radius 3 is 2.55 bits per heavy atom. The predicted molar refractivity (Wildman–Crippen MR) is 115 cm³/mol. The normalized spacial score (nSPS) is 12.0. The van der Waals surface area contributed by atoms with Gasteiger partial charge in [-0.05, 0) is 33.8 Å². The molecule has 9 nitrogen and oxygen atoms in total. The Morgan fingerprint density at radius 1 is 1.12 bits per heavy atom. The summed E-state index contributed by atoms with van der Waals surface area (Å²) in [7, 11) is 0. The topological polar surface area (TPSA) is 95.5 Å². The molecule has 0 spiro atoms. The van der Waals surface area contributed by atoms with Gasteiger partial charge in [0.25, 0.3) is 0 Å². The van der Waals surface area contributed by atoms with Gasteiger partial charge in [-0.1, -0.05) is 0 Å². The van der Waals surface area contributed by atoms with Crippen LogP contribution in [0, 0.1) is 20.8 Å². The van der Waals surface area contributed by atoms with Crippen molar-refractivity contribution in [3.8, 4) is 0 Å². The van der Waals surface area contributed by atoms with E-state index >= 15 is 0 Å². The number of amides is 1. The van der Waals surface area contributed by atoms with Crippen LogP contribution in [0.4, 0.5) is 18.9 Å². The zero-order valence-corrected chi connectivity index (χ0v) is 18.6. The quantitative estimate of drug-likeness (QED) is 0.475. The van der Waals surface area contributed by atoms with Crippen molar-refractivity contribution in [2.45, 2.75) is 53.5 Å². The van der Waals surface area contributed by atoms with Crippen LogP contribution >= 0.6 is 0 Å². The molecule has 0 radical (unpaired) electrons. The zero-order chi connectivity index (χ0) is 23.9. The van der Waals surface area contributed by atoms with Crippen molar-refractivity contribution in [2.24, 2.45) is 0 Å². The number of rotatable bonds is 6. The molecule has 0 saturated heterocycles. The van der Waals surface area contributed by atoms with Crippen molar-refractivity contribution < 1.29 is 18.0 Å². The molecule has 1 amide bonds. The van der Waals surface area contributed by atoms with Crippen LogP contribution in [-0.2, 0) is 30.6 Å². The fourth-order valence-electron chi connectivity index (χ4n) is 3.80. The number of fused-ring (bicyclic) bond motifs is 1. The number of halogens is 3. The third kappa shape index (κ3) is 4.45. The Morgan fingerprint density at radius 2 is 1.88 bits per heavy atom. The summed E-state index contributed by atoms with van der Waals surface area (Å²) in [6.07, 6.45) is 0.423. The van der Waals surface area contributed by atoms with E-state index in [4.69, 9.17) is 0 Å². The summed E-state index contributed by atoms with van der Waals surface area (Å²) in [5, 5.41) is 15.3. The summed E-state index contributed by atoms with van der Waals surface area (Å²) >= 11 is 0. The molecule has 0 bridgehead atoms. The molecule has 0 saturated carbocycles. The Labute approximate surface area is 187 Å². The molecule has 33 heavy (non-hydrogen) atoms. The molecule has 0 aliphatic rings. The number of aromatic nitrogens is 7. The summed E-state index contributed by atoms with van der Waals surface area (Å²) in [5.74, 6) is -0.453. The molecule has 0 aromatic carbocycles. The van der Waals surface area contributed by atoms with Gasteiger partial charge in [-0.3, -0.25) is 14.2 Å². The molecule has 4 heterocycles. The van der Waals surface area contributed by atoms with Gasteiger partial charge in [0.15, 0.2) is 5.65 Å². The van der Waals surface area contributed by atoms with Crippen LogP contribution in [0.2, 0.25) is 0 Å². The fraction of sp³-hybridized carbons (Fsp3) is 0.381. The molecule has 12 heteroatoms. The van der Waals surface area contributed by atoms with Gasteiger partial charge in [0.05, 0.1) is 41.3 Å². The minimum atomic E-state index is -4.55. The maximum absolute atomic E-state index is 13.5. The number of anilines is 1. The fourth-order valence-corrected chi connectivity index (χ4v) is 3.80. The maximum atomic E-state index is 13.5. The molecule has 0 aliphatic heterocycles. The Bertz CT molecular complexity index is 1330. The van der Waals surface area contributed by atoms with Gasteiger partial charge in [0, 0.05) is 29.7 Å². The second-order valence-electron chi connectivity index (χ2n) is 7.80. The van der Waals surface area contributed by atoms with Crippen molar-refractivity contribution in [3.05, 3.63) is 52.9 Å². The Balaban J connectivity index is 1.51.